The molecule has 3 rings (SSSR count). The lowest BCUT2D eigenvalue weighted by molar-refractivity contribution is 0.00238. The third kappa shape index (κ3) is 4.43. The molecular formula is C19H21N3O3. The van der Waals surface area contributed by atoms with Gasteiger partial charge in [-0.15, -0.1) is 0 Å². The summed E-state index contributed by atoms with van der Waals surface area (Å²) in [5.41, 5.74) is 1.46. The first-order valence-corrected chi connectivity index (χ1v) is 8.21. The summed E-state index contributed by atoms with van der Waals surface area (Å²) in [4.78, 5) is 19.0. The zero-order valence-electron chi connectivity index (χ0n) is 14.0. The first-order valence-electron chi connectivity index (χ1n) is 8.21. The fourth-order valence-corrected chi connectivity index (χ4v) is 2.52. The number of ether oxygens (including phenoxy) is 1. The summed E-state index contributed by atoms with van der Waals surface area (Å²) in [5, 5.41) is 13.6. The zero-order chi connectivity index (χ0) is 17.6. The van der Waals surface area contributed by atoms with Crippen molar-refractivity contribution in [2.24, 2.45) is 0 Å². The van der Waals surface area contributed by atoms with E-state index in [2.05, 4.69) is 15.3 Å². The number of rotatable bonds is 7. The smallest absolute Gasteiger partial charge is 0.260 e. The van der Waals surface area contributed by atoms with E-state index in [0.717, 1.165) is 5.56 Å². The molecule has 0 saturated carbocycles. The number of nitrogens with zero attached hydrogens (tertiary/aromatic N) is 1. The second kappa shape index (κ2) is 7.92. The van der Waals surface area contributed by atoms with Gasteiger partial charge in [-0.25, -0.2) is 4.98 Å². The molecule has 0 aliphatic carbocycles. The molecule has 0 amide bonds. The van der Waals surface area contributed by atoms with E-state index in [9.17, 15) is 9.90 Å². The van der Waals surface area contributed by atoms with Gasteiger partial charge in [0.2, 0.25) is 5.95 Å². The molecule has 0 aliphatic heterocycles. The molecule has 130 valence electrons. The molecule has 0 bridgehead atoms. The maximum Gasteiger partial charge on any atom is 0.260 e. The lowest BCUT2D eigenvalue weighted by atomic mass is 10.1. The number of aliphatic hydroxyl groups is 1. The van der Waals surface area contributed by atoms with Crippen LogP contribution >= 0.6 is 0 Å². The Bertz CT molecular complexity index is 880. The quantitative estimate of drug-likeness (QED) is 0.615. The first kappa shape index (κ1) is 17.1. The number of para-hydroxylation sites is 1. The Morgan fingerprint density at radius 3 is 2.68 bits per heavy atom. The molecule has 6 nitrogen and oxygen atoms in total. The van der Waals surface area contributed by atoms with Gasteiger partial charge < -0.3 is 15.2 Å². The van der Waals surface area contributed by atoms with Gasteiger partial charge in [0.1, 0.15) is 0 Å². The minimum atomic E-state index is -0.720. The summed E-state index contributed by atoms with van der Waals surface area (Å²) < 4.78 is 5.69. The average Bonchev–Trinajstić information content (AvgIpc) is 2.65. The van der Waals surface area contributed by atoms with Gasteiger partial charge in [-0.1, -0.05) is 42.5 Å². The van der Waals surface area contributed by atoms with Gasteiger partial charge in [-0.05, 0) is 24.6 Å². The van der Waals surface area contributed by atoms with Crippen LogP contribution in [0.1, 0.15) is 18.6 Å². The normalized spacial score (nSPS) is 13.5. The molecule has 2 atom stereocenters. The number of nitrogens with one attached hydrogen (secondary N) is 2. The SMILES string of the molecule is CC(OCC(O)CNc1nc2ccccc2c(=O)[nH]1)c1ccccc1. The van der Waals surface area contributed by atoms with Crippen molar-refractivity contribution in [2.45, 2.75) is 19.1 Å². The van der Waals surface area contributed by atoms with E-state index in [4.69, 9.17) is 4.74 Å². The summed E-state index contributed by atoms with van der Waals surface area (Å²) in [6.07, 6.45) is -0.822. The maximum absolute atomic E-state index is 12.0. The van der Waals surface area contributed by atoms with Crippen molar-refractivity contribution in [3.8, 4) is 0 Å². The average molecular weight is 339 g/mol. The maximum atomic E-state index is 12.0. The van der Waals surface area contributed by atoms with Crippen LogP contribution in [0.25, 0.3) is 10.9 Å². The fraction of sp³-hybridized carbons (Fsp3) is 0.263. The van der Waals surface area contributed by atoms with Gasteiger partial charge in [-0.2, -0.15) is 0 Å². The molecule has 25 heavy (non-hydrogen) atoms. The van der Waals surface area contributed by atoms with Gasteiger partial charge >= 0.3 is 0 Å². The number of fused-ring (bicyclic) bond motifs is 1. The number of benzene rings is 2. The minimum absolute atomic E-state index is 0.102. The Balaban J connectivity index is 1.54. The third-order valence-electron chi connectivity index (χ3n) is 3.93. The molecule has 6 heteroatoms. The minimum Gasteiger partial charge on any atom is -0.389 e. The summed E-state index contributed by atoms with van der Waals surface area (Å²) in [5.74, 6) is 0.332. The predicted molar refractivity (Wildman–Crippen MR) is 97.7 cm³/mol. The van der Waals surface area contributed by atoms with Crippen LogP contribution in [-0.4, -0.2) is 34.3 Å². The van der Waals surface area contributed by atoms with Gasteiger partial charge in [0.15, 0.2) is 0 Å². The van der Waals surface area contributed by atoms with Crippen LogP contribution in [0.5, 0.6) is 0 Å². The topological polar surface area (TPSA) is 87.2 Å². The van der Waals surface area contributed by atoms with Crippen LogP contribution in [0.2, 0.25) is 0 Å². The summed E-state index contributed by atoms with van der Waals surface area (Å²) >= 11 is 0. The van der Waals surface area contributed by atoms with E-state index in [1.54, 1.807) is 18.2 Å². The van der Waals surface area contributed by atoms with E-state index in [1.165, 1.54) is 0 Å². The molecule has 1 heterocycles. The largest absolute Gasteiger partial charge is 0.389 e. The van der Waals surface area contributed by atoms with E-state index in [0.29, 0.717) is 16.9 Å². The molecule has 0 fully saturated rings. The molecule has 0 spiro atoms. The van der Waals surface area contributed by atoms with E-state index >= 15 is 0 Å². The van der Waals surface area contributed by atoms with Crippen molar-refractivity contribution in [1.29, 1.82) is 0 Å². The highest BCUT2D eigenvalue weighted by molar-refractivity contribution is 5.78. The lowest BCUT2D eigenvalue weighted by Gasteiger charge is -2.17. The third-order valence-corrected chi connectivity index (χ3v) is 3.93. The van der Waals surface area contributed by atoms with Crippen LogP contribution in [0, 0.1) is 0 Å². The second-order valence-corrected chi connectivity index (χ2v) is 5.85. The summed E-state index contributed by atoms with van der Waals surface area (Å²) in [6, 6.07) is 16.9. The monoisotopic (exact) mass is 339 g/mol. The Kier molecular flexibility index (Phi) is 5.42. The summed E-state index contributed by atoms with van der Waals surface area (Å²) in [6.45, 7) is 2.35. The lowest BCUT2D eigenvalue weighted by Crippen LogP contribution is -2.27. The highest BCUT2D eigenvalue weighted by atomic mass is 16.5. The molecule has 3 aromatic rings. The Labute approximate surface area is 145 Å². The number of hydrogen-bond donors (Lipinski definition) is 3. The van der Waals surface area contributed by atoms with E-state index in [1.807, 2.05) is 43.3 Å². The van der Waals surface area contributed by atoms with Crippen molar-refractivity contribution in [2.75, 3.05) is 18.5 Å². The van der Waals surface area contributed by atoms with Crippen LogP contribution in [-0.2, 0) is 4.74 Å². The van der Waals surface area contributed by atoms with E-state index in [-0.39, 0.29) is 24.8 Å². The second-order valence-electron chi connectivity index (χ2n) is 5.85. The van der Waals surface area contributed by atoms with Gasteiger partial charge in [0, 0.05) is 6.54 Å². The number of H-pyrrole nitrogens is 1. The van der Waals surface area contributed by atoms with Crippen LogP contribution < -0.4 is 10.9 Å². The van der Waals surface area contributed by atoms with Crippen molar-refractivity contribution in [3.63, 3.8) is 0 Å². The fourth-order valence-electron chi connectivity index (χ4n) is 2.52. The molecule has 0 radical (unpaired) electrons. The van der Waals surface area contributed by atoms with Crippen molar-refractivity contribution < 1.29 is 9.84 Å². The molecule has 0 saturated heterocycles. The van der Waals surface area contributed by atoms with E-state index < -0.39 is 6.10 Å². The zero-order valence-corrected chi connectivity index (χ0v) is 14.0. The molecule has 1 aromatic heterocycles. The molecule has 2 aromatic carbocycles. The molecule has 0 aliphatic rings. The summed E-state index contributed by atoms with van der Waals surface area (Å²) in [7, 11) is 0. The molecule has 2 unspecified atom stereocenters. The standard InChI is InChI=1S/C19H21N3O3/c1-13(14-7-3-2-4-8-14)25-12-15(23)11-20-19-21-17-10-6-5-9-16(17)18(24)22-19/h2-10,13,15,23H,11-12H2,1H3,(H2,20,21,22,24). The number of aliphatic hydroxyl groups excluding tert-OH is 1. The Morgan fingerprint density at radius 2 is 1.88 bits per heavy atom. The Morgan fingerprint density at radius 1 is 1.16 bits per heavy atom. The Hall–Kier alpha value is -2.70. The van der Waals surface area contributed by atoms with Crippen LogP contribution in [0.15, 0.2) is 59.4 Å². The predicted octanol–water partition coefficient (Wildman–Crippen LogP) is 2.47. The van der Waals surface area contributed by atoms with Crippen LogP contribution in [0.3, 0.4) is 0 Å². The van der Waals surface area contributed by atoms with Gasteiger partial charge in [0.05, 0.1) is 29.7 Å². The molecular weight excluding hydrogens is 318 g/mol. The number of anilines is 1. The number of aromatic nitrogens is 2. The van der Waals surface area contributed by atoms with Gasteiger partial charge in [-0.3, -0.25) is 9.78 Å². The highest BCUT2D eigenvalue weighted by Crippen LogP contribution is 2.16. The molecule has 3 N–H and O–H groups in total. The number of hydrogen-bond acceptors (Lipinski definition) is 5. The van der Waals surface area contributed by atoms with Crippen molar-refractivity contribution >= 4 is 16.9 Å². The first-order chi connectivity index (χ1) is 12.1. The highest BCUT2D eigenvalue weighted by Gasteiger charge is 2.10. The number of aromatic amines is 1. The van der Waals surface area contributed by atoms with Crippen molar-refractivity contribution in [3.05, 3.63) is 70.5 Å². The van der Waals surface area contributed by atoms with Crippen molar-refractivity contribution in [1.82, 2.24) is 9.97 Å². The van der Waals surface area contributed by atoms with Crippen LogP contribution in [0.4, 0.5) is 5.95 Å². The van der Waals surface area contributed by atoms with Gasteiger partial charge in [0.25, 0.3) is 5.56 Å².